The fraction of sp³-hybridized carbons (Fsp3) is 0.400. The second kappa shape index (κ2) is 11.5. The van der Waals surface area contributed by atoms with E-state index in [-0.39, 0.29) is 17.8 Å². The maximum Gasteiger partial charge on any atom is 0.306 e. The Kier molecular flexibility index (Phi) is 8.67. The number of benzene rings is 2. The second-order valence-electron chi connectivity index (χ2n) is 8.96. The fourth-order valence-corrected chi connectivity index (χ4v) is 4.49. The predicted molar refractivity (Wildman–Crippen MR) is 137 cm³/mol. The number of hydrogen-bond donors (Lipinski definition) is 1. The highest BCUT2D eigenvalue weighted by atomic mass is 32.2. The number of halogens is 1. The molecular weight excluding hydrogens is 485 g/mol. The zero-order valence-electron chi connectivity index (χ0n) is 21.1. The Labute approximate surface area is 213 Å². The van der Waals surface area contributed by atoms with Gasteiger partial charge in [-0.2, -0.15) is 4.39 Å². The van der Waals surface area contributed by atoms with Gasteiger partial charge in [0.05, 0.1) is 10.2 Å². The minimum Gasteiger partial charge on any atom is -0.483 e. The number of nitrogens with one attached hydrogen (secondary N) is 1. The van der Waals surface area contributed by atoms with Crippen molar-refractivity contribution in [1.29, 1.82) is 0 Å². The van der Waals surface area contributed by atoms with Crippen LogP contribution in [0, 0.1) is 15.9 Å². The molecule has 0 radical (unpaired) electrons. The van der Waals surface area contributed by atoms with Crippen LogP contribution in [0.1, 0.15) is 71.0 Å². The molecule has 11 heteroatoms. The zero-order chi connectivity index (χ0) is 26.6. The Balaban J connectivity index is 1.73. The molecule has 0 saturated heterocycles. The highest BCUT2D eigenvalue weighted by molar-refractivity contribution is 8.00. The summed E-state index contributed by atoms with van der Waals surface area (Å²) in [6.07, 6.45) is -0.386. The smallest absolute Gasteiger partial charge is 0.306 e. The lowest BCUT2D eigenvalue weighted by Crippen LogP contribution is -2.23. The number of aromatic nitrogens is 3. The molecule has 0 aliphatic heterocycles. The van der Waals surface area contributed by atoms with E-state index in [1.54, 1.807) is 6.92 Å². The first-order valence-corrected chi connectivity index (χ1v) is 12.5. The van der Waals surface area contributed by atoms with Gasteiger partial charge in [-0.3, -0.25) is 14.9 Å². The highest BCUT2D eigenvalue weighted by Crippen LogP contribution is 2.31. The molecule has 0 aliphatic rings. The van der Waals surface area contributed by atoms with E-state index in [1.165, 1.54) is 23.4 Å². The molecule has 0 saturated carbocycles. The van der Waals surface area contributed by atoms with Crippen molar-refractivity contribution < 1.29 is 18.8 Å². The molecule has 9 nitrogen and oxygen atoms in total. The van der Waals surface area contributed by atoms with Gasteiger partial charge in [0, 0.05) is 17.8 Å². The molecule has 3 aromatic rings. The molecule has 192 valence electrons. The Morgan fingerprint density at radius 3 is 2.33 bits per heavy atom. The third kappa shape index (κ3) is 6.39. The Hall–Kier alpha value is -3.47. The van der Waals surface area contributed by atoms with Crippen LogP contribution in [0.2, 0.25) is 0 Å². The summed E-state index contributed by atoms with van der Waals surface area (Å²) in [4.78, 5) is 22.9. The van der Waals surface area contributed by atoms with Crippen LogP contribution in [0.15, 0.2) is 47.6 Å². The second-order valence-corrected chi connectivity index (χ2v) is 10.3. The molecule has 3 rings (SSSR count). The van der Waals surface area contributed by atoms with E-state index < -0.39 is 27.6 Å². The molecule has 0 aliphatic carbocycles. The van der Waals surface area contributed by atoms with E-state index in [1.807, 2.05) is 49.6 Å². The third-order valence-electron chi connectivity index (χ3n) is 5.49. The monoisotopic (exact) mass is 515 g/mol. The van der Waals surface area contributed by atoms with Crippen molar-refractivity contribution in [2.45, 2.75) is 70.0 Å². The molecule has 36 heavy (non-hydrogen) atoms. The van der Waals surface area contributed by atoms with E-state index in [4.69, 9.17) is 4.74 Å². The third-order valence-corrected chi connectivity index (χ3v) is 6.55. The van der Waals surface area contributed by atoms with Crippen LogP contribution in [0.3, 0.4) is 0 Å². The minimum atomic E-state index is -0.967. The van der Waals surface area contributed by atoms with Crippen LogP contribution in [0.4, 0.5) is 15.8 Å². The molecule has 0 fully saturated rings. The van der Waals surface area contributed by atoms with Crippen molar-refractivity contribution in [3.05, 3.63) is 69.8 Å². The molecular formula is C25H30FN5O4S. The highest BCUT2D eigenvalue weighted by Gasteiger charge is 2.25. The Morgan fingerprint density at radius 1 is 1.08 bits per heavy atom. The van der Waals surface area contributed by atoms with Crippen LogP contribution in [-0.2, 0) is 4.79 Å². The number of carbonyl (C=O) groups excluding carboxylic acids is 1. The summed E-state index contributed by atoms with van der Waals surface area (Å²) in [6, 6.07) is 11.2. The van der Waals surface area contributed by atoms with Gasteiger partial charge in [-0.15, -0.1) is 10.2 Å². The topological polar surface area (TPSA) is 112 Å². The van der Waals surface area contributed by atoms with Gasteiger partial charge in [-0.1, -0.05) is 37.7 Å². The lowest BCUT2D eigenvalue weighted by atomic mass is 10.0. The average Bonchev–Trinajstić information content (AvgIpc) is 3.24. The summed E-state index contributed by atoms with van der Waals surface area (Å²) in [5.41, 5.74) is 0.656. The van der Waals surface area contributed by atoms with E-state index in [2.05, 4.69) is 29.4 Å². The predicted octanol–water partition coefficient (Wildman–Crippen LogP) is 6.29. The van der Waals surface area contributed by atoms with Gasteiger partial charge in [0.1, 0.15) is 5.75 Å². The summed E-state index contributed by atoms with van der Waals surface area (Å²) in [6.45, 7) is 11.8. The SMILES string of the molecule is CC(Sc1nnc(C(C)Oc2ccc(C(C)C)cc2)n1C(C)C)C(=O)Nc1ccc(F)c([N+](=O)[O-])c1. The van der Waals surface area contributed by atoms with Gasteiger partial charge < -0.3 is 14.6 Å². The van der Waals surface area contributed by atoms with Crippen LogP contribution >= 0.6 is 11.8 Å². The lowest BCUT2D eigenvalue weighted by Gasteiger charge is -2.20. The van der Waals surface area contributed by atoms with Gasteiger partial charge in [-0.25, -0.2) is 0 Å². The number of anilines is 1. The van der Waals surface area contributed by atoms with Crippen molar-refractivity contribution in [2.75, 3.05) is 5.32 Å². The molecule has 2 aromatic carbocycles. The van der Waals surface area contributed by atoms with Crippen molar-refractivity contribution >= 4 is 29.0 Å². The van der Waals surface area contributed by atoms with E-state index >= 15 is 0 Å². The summed E-state index contributed by atoms with van der Waals surface area (Å²) >= 11 is 1.20. The van der Waals surface area contributed by atoms with Crippen LogP contribution in [0.5, 0.6) is 5.75 Å². The van der Waals surface area contributed by atoms with Gasteiger partial charge in [0.15, 0.2) is 17.1 Å². The summed E-state index contributed by atoms with van der Waals surface area (Å²) in [5, 5.41) is 22.1. The fourth-order valence-electron chi connectivity index (χ4n) is 3.51. The van der Waals surface area contributed by atoms with Crippen LogP contribution < -0.4 is 10.1 Å². The van der Waals surface area contributed by atoms with Crippen LogP contribution in [-0.4, -0.2) is 30.8 Å². The van der Waals surface area contributed by atoms with Crippen molar-refractivity contribution in [3.8, 4) is 5.75 Å². The average molecular weight is 516 g/mol. The Bertz CT molecular complexity index is 1230. The number of rotatable bonds is 10. The number of nitro groups is 1. The number of nitro benzene ring substituents is 1. The summed E-state index contributed by atoms with van der Waals surface area (Å²) < 4.78 is 21.6. The first-order valence-electron chi connectivity index (χ1n) is 11.6. The number of carbonyl (C=O) groups is 1. The Morgan fingerprint density at radius 2 is 1.75 bits per heavy atom. The molecule has 1 amide bonds. The van der Waals surface area contributed by atoms with Gasteiger partial charge in [0.25, 0.3) is 0 Å². The standard InChI is InChI=1S/C25H30FN5O4S/c1-14(2)18-7-10-20(11-8-18)35-16(5)23-28-29-25(30(23)15(3)4)36-17(6)24(32)27-19-9-12-21(26)22(13-19)31(33)34/h7-17H,1-6H3,(H,27,32). The maximum absolute atomic E-state index is 13.6. The van der Waals surface area contributed by atoms with Crippen molar-refractivity contribution in [3.63, 3.8) is 0 Å². The van der Waals surface area contributed by atoms with Crippen molar-refractivity contribution in [1.82, 2.24) is 14.8 Å². The van der Waals surface area contributed by atoms with Gasteiger partial charge in [-0.05, 0) is 63.4 Å². The van der Waals surface area contributed by atoms with Gasteiger partial charge in [0.2, 0.25) is 11.7 Å². The molecule has 1 heterocycles. The first-order chi connectivity index (χ1) is 17.0. The van der Waals surface area contributed by atoms with Crippen LogP contribution in [0.25, 0.3) is 0 Å². The van der Waals surface area contributed by atoms with E-state index in [0.717, 1.165) is 17.9 Å². The lowest BCUT2D eigenvalue weighted by molar-refractivity contribution is -0.387. The number of amides is 1. The summed E-state index contributed by atoms with van der Waals surface area (Å²) in [5.74, 6) is 0.403. The minimum absolute atomic E-state index is 0.00174. The molecule has 0 bridgehead atoms. The summed E-state index contributed by atoms with van der Waals surface area (Å²) in [7, 11) is 0. The normalized spacial score (nSPS) is 13.0. The molecule has 1 aromatic heterocycles. The maximum atomic E-state index is 13.6. The number of nitrogens with zero attached hydrogens (tertiary/aromatic N) is 4. The molecule has 2 unspecified atom stereocenters. The molecule has 2 atom stereocenters. The number of thioether (sulfide) groups is 1. The largest absolute Gasteiger partial charge is 0.483 e. The quantitative estimate of drug-likeness (QED) is 0.192. The molecule has 0 spiro atoms. The zero-order valence-corrected chi connectivity index (χ0v) is 21.9. The number of ether oxygens (including phenoxy) is 1. The molecule has 1 N–H and O–H groups in total. The van der Waals surface area contributed by atoms with Crippen molar-refractivity contribution in [2.24, 2.45) is 0 Å². The van der Waals surface area contributed by atoms with Gasteiger partial charge >= 0.3 is 5.69 Å². The van der Waals surface area contributed by atoms with E-state index in [9.17, 15) is 19.3 Å². The first kappa shape index (κ1) is 27.1. The van der Waals surface area contributed by atoms with E-state index in [0.29, 0.717) is 16.9 Å². The number of hydrogen-bond acceptors (Lipinski definition) is 7.